The minimum Gasteiger partial charge on any atom is -0.495 e. The molecule has 0 bridgehead atoms. The molecule has 1 heterocycles. The second-order valence-electron chi connectivity index (χ2n) is 10.8. The zero-order chi connectivity index (χ0) is 30.0. The number of ketones is 1. The van der Waals surface area contributed by atoms with Crippen LogP contribution in [0.1, 0.15) is 42.7 Å². The van der Waals surface area contributed by atoms with E-state index < -0.39 is 5.92 Å². The van der Waals surface area contributed by atoms with Crippen LogP contribution >= 0.6 is 0 Å². The number of para-hydroxylation sites is 2. The van der Waals surface area contributed by atoms with Gasteiger partial charge in [0.25, 0.3) is 5.91 Å². The Morgan fingerprint density at radius 2 is 1.52 bits per heavy atom. The van der Waals surface area contributed by atoms with Gasteiger partial charge < -0.3 is 29.7 Å². The van der Waals surface area contributed by atoms with E-state index in [1.54, 1.807) is 33.5 Å². The summed E-state index contributed by atoms with van der Waals surface area (Å²) in [6.07, 6.45) is 0.949. The summed E-state index contributed by atoms with van der Waals surface area (Å²) in [5.74, 6) is 0.996. The minimum atomic E-state index is -0.522. The number of ether oxygens (including phenoxy) is 3. The largest absolute Gasteiger partial charge is 0.495 e. The maximum Gasteiger partial charge on any atom is 0.254 e. The molecule has 1 amide bonds. The Morgan fingerprint density at radius 3 is 2.19 bits per heavy atom. The Morgan fingerprint density at radius 1 is 0.857 bits per heavy atom. The fraction of sp³-hybridized carbons (Fsp3) is 0.294. The Kier molecular flexibility index (Phi) is 8.24. The number of nitrogens with one attached hydrogen (secondary N) is 2. The maximum atomic E-state index is 14.0. The number of allylic oxidation sites excluding steroid dienone is 3. The molecule has 8 heteroatoms. The van der Waals surface area contributed by atoms with Gasteiger partial charge in [-0.15, -0.1) is 0 Å². The summed E-state index contributed by atoms with van der Waals surface area (Å²) in [6, 6.07) is 21.1. The molecule has 0 spiro atoms. The van der Waals surface area contributed by atoms with Crippen molar-refractivity contribution in [2.24, 2.45) is 0 Å². The van der Waals surface area contributed by atoms with Crippen LogP contribution in [0.3, 0.4) is 0 Å². The number of dihydropyridines is 1. The number of nitrogens with zero attached hydrogens (tertiary/aromatic N) is 1. The first kappa shape index (κ1) is 28.8. The lowest BCUT2D eigenvalue weighted by atomic mass is 9.71. The molecule has 3 aromatic carbocycles. The summed E-state index contributed by atoms with van der Waals surface area (Å²) in [5.41, 5.74) is 6.19. The van der Waals surface area contributed by atoms with E-state index in [1.165, 1.54) is 0 Å². The Bertz CT molecular complexity index is 1570. The number of carbonyl (C=O) groups is 2. The Balaban J connectivity index is 1.56. The van der Waals surface area contributed by atoms with Crippen molar-refractivity contribution in [3.05, 3.63) is 100 Å². The van der Waals surface area contributed by atoms with Gasteiger partial charge in [-0.05, 0) is 66.8 Å². The highest BCUT2D eigenvalue weighted by Gasteiger charge is 2.41. The van der Waals surface area contributed by atoms with Crippen molar-refractivity contribution in [2.75, 3.05) is 45.6 Å². The van der Waals surface area contributed by atoms with Crippen molar-refractivity contribution in [3.8, 4) is 17.2 Å². The molecule has 0 aromatic heterocycles. The zero-order valence-electron chi connectivity index (χ0n) is 24.9. The van der Waals surface area contributed by atoms with E-state index in [0.717, 1.165) is 22.5 Å². The molecule has 1 aliphatic heterocycles. The Labute approximate surface area is 247 Å². The van der Waals surface area contributed by atoms with Crippen LogP contribution in [0, 0.1) is 0 Å². The summed E-state index contributed by atoms with van der Waals surface area (Å²) in [4.78, 5) is 30.0. The highest BCUT2D eigenvalue weighted by atomic mass is 16.5. The molecule has 0 fully saturated rings. The van der Waals surface area contributed by atoms with Gasteiger partial charge in [0, 0.05) is 54.7 Å². The molecule has 0 radical (unpaired) electrons. The van der Waals surface area contributed by atoms with E-state index in [2.05, 4.69) is 10.6 Å². The third kappa shape index (κ3) is 5.44. The van der Waals surface area contributed by atoms with Crippen LogP contribution in [0.5, 0.6) is 17.2 Å². The van der Waals surface area contributed by atoms with Crippen LogP contribution < -0.4 is 29.7 Å². The fourth-order valence-electron chi connectivity index (χ4n) is 5.92. The van der Waals surface area contributed by atoms with E-state index in [0.29, 0.717) is 52.6 Å². The first-order valence-corrected chi connectivity index (χ1v) is 13.9. The molecule has 0 saturated heterocycles. The number of methoxy groups -OCH3 is 3. The molecule has 42 heavy (non-hydrogen) atoms. The van der Waals surface area contributed by atoms with Crippen LogP contribution in [0.4, 0.5) is 11.4 Å². The highest BCUT2D eigenvalue weighted by molar-refractivity contribution is 6.10. The normalized spacial score (nSPS) is 18.2. The summed E-state index contributed by atoms with van der Waals surface area (Å²) in [5, 5.41) is 6.49. The van der Waals surface area contributed by atoms with Gasteiger partial charge in [0.05, 0.1) is 27.0 Å². The van der Waals surface area contributed by atoms with E-state index in [1.807, 2.05) is 80.5 Å². The molecule has 1 aliphatic carbocycles. The van der Waals surface area contributed by atoms with Crippen LogP contribution in [0.25, 0.3) is 0 Å². The van der Waals surface area contributed by atoms with Gasteiger partial charge in [0.1, 0.15) is 5.75 Å². The lowest BCUT2D eigenvalue weighted by molar-refractivity contribution is -0.116. The van der Waals surface area contributed by atoms with Crippen molar-refractivity contribution < 1.29 is 23.8 Å². The minimum absolute atomic E-state index is 0.0142. The van der Waals surface area contributed by atoms with Gasteiger partial charge in [-0.1, -0.05) is 30.3 Å². The lowest BCUT2D eigenvalue weighted by Crippen LogP contribution is -2.37. The number of carbonyl (C=O) groups excluding carboxylic acids is 2. The van der Waals surface area contributed by atoms with E-state index in [4.69, 9.17) is 14.2 Å². The average Bonchev–Trinajstić information content (AvgIpc) is 3.00. The number of benzene rings is 3. The standard InChI is InChI=1S/C34H37N3O5/c1-20-31(34(39)36-25-9-7-8-10-28(25)40-4)32(21-11-14-24(15-12-21)37(2)3)33-26(35-20)17-23(18-27(33)38)22-13-16-29(41-5)30(19-22)42-6/h7-16,19,23,32,35H,17-18H2,1-6H3,(H,36,39). The second-order valence-corrected chi connectivity index (χ2v) is 10.8. The molecule has 3 aromatic rings. The monoisotopic (exact) mass is 567 g/mol. The third-order valence-corrected chi connectivity index (χ3v) is 8.05. The fourth-order valence-corrected chi connectivity index (χ4v) is 5.92. The van der Waals surface area contributed by atoms with Crippen molar-refractivity contribution in [3.63, 3.8) is 0 Å². The Hall–Kier alpha value is -4.72. The topological polar surface area (TPSA) is 89.1 Å². The van der Waals surface area contributed by atoms with Gasteiger partial charge in [-0.2, -0.15) is 0 Å². The number of hydrogen-bond donors (Lipinski definition) is 2. The summed E-state index contributed by atoms with van der Waals surface area (Å²) >= 11 is 0. The molecule has 2 atom stereocenters. The van der Waals surface area contributed by atoms with Crippen molar-refractivity contribution >= 4 is 23.1 Å². The third-order valence-electron chi connectivity index (χ3n) is 8.05. The average molecular weight is 568 g/mol. The molecule has 0 saturated carbocycles. The number of Topliss-reactive ketones (excluding diaryl/α,β-unsaturated/α-hetero) is 1. The second kappa shape index (κ2) is 12.0. The predicted molar refractivity (Wildman–Crippen MR) is 165 cm³/mol. The first-order valence-electron chi connectivity index (χ1n) is 13.9. The number of hydrogen-bond acceptors (Lipinski definition) is 7. The quantitative estimate of drug-likeness (QED) is 0.357. The van der Waals surface area contributed by atoms with Crippen LogP contribution in [0.2, 0.25) is 0 Å². The zero-order valence-corrected chi connectivity index (χ0v) is 24.9. The number of anilines is 2. The van der Waals surface area contributed by atoms with Gasteiger partial charge in [-0.3, -0.25) is 9.59 Å². The van der Waals surface area contributed by atoms with Crippen molar-refractivity contribution in [1.82, 2.24) is 5.32 Å². The van der Waals surface area contributed by atoms with Crippen LogP contribution in [-0.2, 0) is 9.59 Å². The van der Waals surface area contributed by atoms with Gasteiger partial charge in [0.2, 0.25) is 0 Å². The van der Waals surface area contributed by atoms with Gasteiger partial charge in [0.15, 0.2) is 17.3 Å². The van der Waals surface area contributed by atoms with E-state index in [-0.39, 0.29) is 17.6 Å². The molecule has 5 rings (SSSR count). The maximum absolute atomic E-state index is 14.0. The van der Waals surface area contributed by atoms with Crippen LogP contribution in [0.15, 0.2) is 89.3 Å². The van der Waals surface area contributed by atoms with Gasteiger partial charge >= 0.3 is 0 Å². The number of rotatable bonds is 8. The van der Waals surface area contributed by atoms with Gasteiger partial charge in [-0.25, -0.2) is 0 Å². The molecule has 2 aliphatic rings. The molecule has 218 valence electrons. The van der Waals surface area contributed by atoms with E-state index >= 15 is 0 Å². The van der Waals surface area contributed by atoms with Crippen LogP contribution in [-0.4, -0.2) is 47.1 Å². The van der Waals surface area contributed by atoms with Crippen molar-refractivity contribution in [1.29, 1.82) is 0 Å². The predicted octanol–water partition coefficient (Wildman–Crippen LogP) is 5.78. The molecular weight excluding hydrogens is 530 g/mol. The summed E-state index contributed by atoms with van der Waals surface area (Å²) < 4.78 is 16.4. The molecule has 2 N–H and O–H groups in total. The van der Waals surface area contributed by atoms with Crippen molar-refractivity contribution in [2.45, 2.75) is 31.6 Å². The number of amides is 1. The first-order chi connectivity index (χ1) is 20.2. The summed E-state index contributed by atoms with van der Waals surface area (Å²) in [7, 11) is 8.74. The summed E-state index contributed by atoms with van der Waals surface area (Å²) in [6.45, 7) is 1.90. The highest BCUT2D eigenvalue weighted by Crippen LogP contribution is 2.47. The van der Waals surface area contributed by atoms with E-state index in [9.17, 15) is 9.59 Å². The molecular formula is C34H37N3O5. The lowest BCUT2D eigenvalue weighted by Gasteiger charge is -2.37. The SMILES string of the molecule is COc1ccccc1NC(=O)C1=C(C)NC2=C(C(=O)CC(c3ccc(OC)c(OC)c3)C2)C1c1ccc(N(C)C)cc1. The molecule has 8 nitrogen and oxygen atoms in total. The molecule has 2 unspecified atom stereocenters. The smallest absolute Gasteiger partial charge is 0.254 e.